The van der Waals surface area contributed by atoms with Gasteiger partial charge in [0.15, 0.2) is 0 Å². The summed E-state index contributed by atoms with van der Waals surface area (Å²) in [6, 6.07) is 14.7. The molecule has 0 saturated heterocycles. The summed E-state index contributed by atoms with van der Waals surface area (Å²) < 4.78 is 5.13. The van der Waals surface area contributed by atoms with E-state index in [0.29, 0.717) is 23.1 Å². The molecule has 2 aromatic carbocycles. The summed E-state index contributed by atoms with van der Waals surface area (Å²) in [4.78, 5) is 16.1. The monoisotopic (exact) mass is 267 g/mol. The van der Waals surface area contributed by atoms with E-state index in [0.717, 1.165) is 5.56 Å². The Bertz CT molecular complexity index is 794. The van der Waals surface area contributed by atoms with Crippen LogP contribution in [0.25, 0.3) is 10.9 Å². The zero-order valence-corrected chi connectivity index (χ0v) is 10.7. The molecule has 0 unspecified atom stereocenters. The van der Waals surface area contributed by atoms with E-state index in [9.17, 15) is 4.79 Å². The molecule has 20 heavy (non-hydrogen) atoms. The standard InChI is InChI=1S/C15H13N3O2/c16-11-7-5-10(6-8-11)9-17-15-18-13-4-2-1-3-12(13)14(19)20-15/h1-8H,9,16H2,(H,17,18). The fourth-order valence-electron chi connectivity index (χ4n) is 1.91. The lowest BCUT2D eigenvalue weighted by Crippen LogP contribution is -2.07. The molecule has 0 spiro atoms. The smallest absolute Gasteiger partial charge is 0.348 e. The second-order valence-corrected chi connectivity index (χ2v) is 4.42. The number of hydrogen-bond acceptors (Lipinski definition) is 5. The maximum Gasteiger partial charge on any atom is 0.348 e. The van der Waals surface area contributed by atoms with Gasteiger partial charge < -0.3 is 15.5 Å². The van der Waals surface area contributed by atoms with Gasteiger partial charge in [0.25, 0.3) is 6.01 Å². The molecule has 1 heterocycles. The number of fused-ring (bicyclic) bond motifs is 1. The summed E-state index contributed by atoms with van der Waals surface area (Å²) in [7, 11) is 0. The van der Waals surface area contributed by atoms with Crippen molar-refractivity contribution in [1.82, 2.24) is 4.98 Å². The van der Waals surface area contributed by atoms with E-state index in [2.05, 4.69) is 10.3 Å². The molecule has 3 N–H and O–H groups in total. The van der Waals surface area contributed by atoms with Crippen LogP contribution in [0.1, 0.15) is 5.56 Å². The van der Waals surface area contributed by atoms with Gasteiger partial charge in [0, 0.05) is 12.2 Å². The van der Waals surface area contributed by atoms with E-state index in [1.165, 1.54) is 0 Å². The minimum absolute atomic E-state index is 0.213. The number of nitrogens with one attached hydrogen (secondary N) is 1. The molecule has 0 aliphatic rings. The third-order valence-electron chi connectivity index (χ3n) is 2.96. The molecular formula is C15H13N3O2. The molecule has 1 aromatic heterocycles. The highest BCUT2D eigenvalue weighted by atomic mass is 16.4. The second-order valence-electron chi connectivity index (χ2n) is 4.42. The second kappa shape index (κ2) is 5.05. The first-order valence-electron chi connectivity index (χ1n) is 6.20. The average molecular weight is 267 g/mol. The normalized spacial score (nSPS) is 10.6. The Balaban J connectivity index is 1.84. The van der Waals surface area contributed by atoms with Gasteiger partial charge in [0.05, 0.1) is 10.9 Å². The maximum atomic E-state index is 11.8. The van der Waals surface area contributed by atoms with Crippen LogP contribution in [0, 0.1) is 0 Å². The number of nitrogens with zero attached hydrogens (tertiary/aromatic N) is 1. The van der Waals surface area contributed by atoms with Crippen molar-refractivity contribution >= 4 is 22.6 Å². The minimum atomic E-state index is -0.393. The van der Waals surface area contributed by atoms with E-state index in [-0.39, 0.29) is 6.01 Å². The first-order valence-corrected chi connectivity index (χ1v) is 6.20. The Morgan fingerprint density at radius 2 is 1.85 bits per heavy atom. The van der Waals surface area contributed by atoms with Gasteiger partial charge in [-0.2, -0.15) is 4.98 Å². The molecule has 0 fully saturated rings. The zero-order valence-electron chi connectivity index (χ0n) is 10.7. The molecule has 5 heteroatoms. The van der Waals surface area contributed by atoms with E-state index < -0.39 is 5.63 Å². The van der Waals surface area contributed by atoms with Gasteiger partial charge in [-0.1, -0.05) is 24.3 Å². The van der Waals surface area contributed by atoms with E-state index in [1.54, 1.807) is 18.2 Å². The van der Waals surface area contributed by atoms with Crippen molar-refractivity contribution < 1.29 is 4.42 Å². The Morgan fingerprint density at radius 1 is 1.10 bits per heavy atom. The zero-order chi connectivity index (χ0) is 13.9. The molecule has 3 aromatic rings. The summed E-state index contributed by atoms with van der Waals surface area (Å²) in [5.74, 6) is 0. The SMILES string of the molecule is Nc1ccc(CNc2nc3ccccc3c(=O)o2)cc1. The predicted octanol–water partition coefficient (Wildman–Crippen LogP) is 2.38. The highest BCUT2D eigenvalue weighted by Gasteiger charge is 2.05. The van der Waals surface area contributed by atoms with Gasteiger partial charge in [-0.25, -0.2) is 4.79 Å². The molecule has 3 rings (SSSR count). The van der Waals surface area contributed by atoms with Crippen LogP contribution in [-0.4, -0.2) is 4.98 Å². The molecule has 100 valence electrons. The van der Waals surface area contributed by atoms with Gasteiger partial charge in [-0.15, -0.1) is 0 Å². The van der Waals surface area contributed by atoms with E-state index in [4.69, 9.17) is 10.2 Å². The number of nitrogen functional groups attached to an aromatic ring is 1. The summed E-state index contributed by atoms with van der Waals surface area (Å²) in [6.45, 7) is 0.508. The minimum Gasteiger partial charge on any atom is -0.399 e. The lowest BCUT2D eigenvalue weighted by Gasteiger charge is -2.05. The largest absolute Gasteiger partial charge is 0.399 e. The summed E-state index contributed by atoms with van der Waals surface area (Å²) in [5, 5.41) is 3.47. The van der Waals surface area contributed by atoms with Crippen LogP contribution in [0.5, 0.6) is 0 Å². The number of anilines is 2. The molecule has 0 amide bonds. The fourth-order valence-corrected chi connectivity index (χ4v) is 1.91. The van der Waals surface area contributed by atoms with Gasteiger partial charge in [-0.05, 0) is 29.8 Å². The van der Waals surface area contributed by atoms with Crippen molar-refractivity contribution in [2.75, 3.05) is 11.1 Å². The lowest BCUT2D eigenvalue weighted by molar-refractivity contribution is 0.516. The molecule has 5 nitrogen and oxygen atoms in total. The third kappa shape index (κ3) is 2.47. The predicted molar refractivity (Wildman–Crippen MR) is 78.5 cm³/mol. The lowest BCUT2D eigenvalue weighted by atomic mass is 10.2. The van der Waals surface area contributed by atoms with Crippen molar-refractivity contribution in [3.63, 3.8) is 0 Å². The van der Waals surface area contributed by atoms with Crippen LogP contribution < -0.4 is 16.7 Å². The molecule has 0 bridgehead atoms. The van der Waals surface area contributed by atoms with Crippen LogP contribution in [0.3, 0.4) is 0 Å². The quantitative estimate of drug-likeness (QED) is 0.712. The maximum absolute atomic E-state index is 11.8. The number of aromatic nitrogens is 1. The molecule has 0 saturated carbocycles. The molecule has 0 aliphatic carbocycles. The third-order valence-corrected chi connectivity index (χ3v) is 2.96. The number of hydrogen-bond donors (Lipinski definition) is 2. The summed E-state index contributed by atoms with van der Waals surface area (Å²) >= 11 is 0. The first-order chi connectivity index (χ1) is 9.72. The topological polar surface area (TPSA) is 81.1 Å². The van der Waals surface area contributed by atoms with Gasteiger partial charge in [0.2, 0.25) is 0 Å². The van der Waals surface area contributed by atoms with E-state index in [1.807, 2.05) is 30.3 Å². The van der Waals surface area contributed by atoms with Crippen LogP contribution in [-0.2, 0) is 6.54 Å². The summed E-state index contributed by atoms with van der Waals surface area (Å²) in [6.07, 6.45) is 0. The Kier molecular flexibility index (Phi) is 3.09. The first kappa shape index (κ1) is 12.2. The van der Waals surface area contributed by atoms with Gasteiger partial charge in [0.1, 0.15) is 0 Å². The molecule has 0 atom stereocenters. The number of para-hydroxylation sites is 1. The Labute approximate surface area is 115 Å². The highest BCUT2D eigenvalue weighted by Crippen LogP contribution is 2.12. The summed E-state index contributed by atoms with van der Waals surface area (Å²) in [5.41, 5.74) is 7.58. The van der Waals surface area contributed by atoms with Gasteiger partial charge >= 0.3 is 5.63 Å². The van der Waals surface area contributed by atoms with Crippen molar-refractivity contribution in [3.05, 3.63) is 64.5 Å². The van der Waals surface area contributed by atoms with Crippen molar-refractivity contribution in [2.45, 2.75) is 6.54 Å². The average Bonchev–Trinajstić information content (AvgIpc) is 2.47. The fraction of sp³-hybridized carbons (Fsp3) is 0.0667. The van der Waals surface area contributed by atoms with Crippen molar-refractivity contribution in [1.29, 1.82) is 0 Å². The Hall–Kier alpha value is -2.82. The van der Waals surface area contributed by atoms with Crippen LogP contribution >= 0.6 is 0 Å². The Morgan fingerprint density at radius 3 is 2.65 bits per heavy atom. The van der Waals surface area contributed by atoms with Crippen LogP contribution in [0.4, 0.5) is 11.7 Å². The number of benzene rings is 2. The van der Waals surface area contributed by atoms with E-state index >= 15 is 0 Å². The van der Waals surface area contributed by atoms with Crippen LogP contribution in [0.15, 0.2) is 57.7 Å². The number of rotatable bonds is 3. The number of nitrogens with two attached hydrogens (primary N) is 1. The van der Waals surface area contributed by atoms with Crippen LogP contribution in [0.2, 0.25) is 0 Å². The molecule has 0 radical (unpaired) electrons. The van der Waals surface area contributed by atoms with Gasteiger partial charge in [-0.3, -0.25) is 0 Å². The molecule has 0 aliphatic heterocycles. The molecular weight excluding hydrogens is 254 g/mol. The van der Waals surface area contributed by atoms with Crippen molar-refractivity contribution in [3.8, 4) is 0 Å². The van der Waals surface area contributed by atoms with Crippen molar-refractivity contribution in [2.24, 2.45) is 0 Å². The highest BCUT2D eigenvalue weighted by molar-refractivity contribution is 5.77.